The molecule has 1 unspecified atom stereocenters. The maximum Gasteiger partial charge on any atom is 0.228 e. The second kappa shape index (κ2) is 5.80. The van der Waals surface area contributed by atoms with E-state index < -0.39 is 0 Å². The van der Waals surface area contributed by atoms with Crippen molar-refractivity contribution in [1.29, 1.82) is 0 Å². The molecule has 0 spiro atoms. The number of hydrogen-bond donors (Lipinski definition) is 2. The Labute approximate surface area is 116 Å². The van der Waals surface area contributed by atoms with Crippen LogP contribution < -0.4 is 10.6 Å². The highest BCUT2D eigenvalue weighted by atomic mass is 16.5. The third-order valence-corrected chi connectivity index (χ3v) is 4.77. The van der Waals surface area contributed by atoms with E-state index in [9.17, 15) is 4.79 Å². The van der Waals surface area contributed by atoms with Gasteiger partial charge in [0.2, 0.25) is 5.91 Å². The van der Waals surface area contributed by atoms with Gasteiger partial charge in [-0.1, -0.05) is 13.8 Å². The van der Waals surface area contributed by atoms with Gasteiger partial charge in [-0.05, 0) is 50.6 Å². The van der Waals surface area contributed by atoms with Crippen LogP contribution in [0.4, 0.5) is 0 Å². The van der Waals surface area contributed by atoms with Crippen LogP contribution in [-0.2, 0) is 9.53 Å². The van der Waals surface area contributed by atoms with Crippen LogP contribution in [0.25, 0.3) is 0 Å². The summed E-state index contributed by atoms with van der Waals surface area (Å²) in [6, 6.07) is 0.353. The largest absolute Gasteiger partial charge is 0.384 e. The van der Waals surface area contributed by atoms with E-state index in [0.717, 1.165) is 38.8 Å². The van der Waals surface area contributed by atoms with Gasteiger partial charge >= 0.3 is 0 Å². The summed E-state index contributed by atoms with van der Waals surface area (Å²) in [5.74, 6) is 0.207. The van der Waals surface area contributed by atoms with Crippen LogP contribution in [0, 0.1) is 10.8 Å². The van der Waals surface area contributed by atoms with Crippen LogP contribution >= 0.6 is 0 Å². The van der Waals surface area contributed by atoms with Crippen molar-refractivity contribution in [3.63, 3.8) is 0 Å². The van der Waals surface area contributed by atoms with E-state index in [2.05, 4.69) is 24.5 Å². The Balaban J connectivity index is 1.96. The third kappa shape index (κ3) is 3.48. The molecule has 4 heteroatoms. The first kappa shape index (κ1) is 14.8. The van der Waals surface area contributed by atoms with Crippen molar-refractivity contribution in [2.24, 2.45) is 10.8 Å². The first-order valence-electron chi connectivity index (χ1n) is 7.48. The maximum atomic E-state index is 12.7. The number of nitrogens with one attached hydrogen (secondary N) is 2. The molecule has 1 aliphatic heterocycles. The predicted octanol–water partition coefficient (Wildman–Crippen LogP) is 1.70. The quantitative estimate of drug-likeness (QED) is 0.816. The monoisotopic (exact) mass is 268 g/mol. The molecular formula is C15H28N2O2. The molecule has 2 aliphatic rings. The van der Waals surface area contributed by atoms with Crippen LogP contribution in [0.2, 0.25) is 0 Å². The Hall–Kier alpha value is -0.610. The van der Waals surface area contributed by atoms with Crippen LogP contribution in [0.15, 0.2) is 0 Å². The number of carbonyl (C=O) groups excluding carboxylic acids is 1. The molecule has 0 aromatic carbocycles. The van der Waals surface area contributed by atoms with E-state index in [1.165, 1.54) is 6.42 Å². The minimum absolute atomic E-state index is 0.207. The number of hydrogen-bond acceptors (Lipinski definition) is 3. The van der Waals surface area contributed by atoms with Gasteiger partial charge in [0.15, 0.2) is 0 Å². The molecular weight excluding hydrogens is 240 g/mol. The molecule has 2 N–H and O–H groups in total. The van der Waals surface area contributed by atoms with Crippen molar-refractivity contribution in [2.75, 3.05) is 26.8 Å². The van der Waals surface area contributed by atoms with Gasteiger partial charge < -0.3 is 15.4 Å². The summed E-state index contributed by atoms with van der Waals surface area (Å²) in [6.07, 6.45) is 5.17. The topological polar surface area (TPSA) is 50.4 Å². The van der Waals surface area contributed by atoms with Crippen LogP contribution in [-0.4, -0.2) is 38.8 Å². The number of ether oxygens (including phenoxy) is 1. The summed E-state index contributed by atoms with van der Waals surface area (Å²) in [5.41, 5.74) is 0.0627. The van der Waals surface area contributed by atoms with Gasteiger partial charge in [0.1, 0.15) is 0 Å². The number of piperidine rings is 1. The minimum atomic E-state index is -0.313. The standard InChI is InChI=1S/C15H28N2O2/c1-14(2)5-4-12(10-14)17-13(18)15(11-19-3)6-8-16-9-7-15/h12,16H,4-11H2,1-3H3,(H,17,18). The summed E-state index contributed by atoms with van der Waals surface area (Å²) in [4.78, 5) is 12.7. The fourth-order valence-electron chi connectivity index (χ4n) is 3.52. The van der Waals surface area contributed by atoms with E-state index in [1.54, 1.807) is 7.11 Å². The molecule has 1 heterocycles. The van der Waals surface area contributed by atoms with Crippen molar-refractivity contribution in [1.82, 2.24) is 10.6 Å². The Kier molecular flexibility index (Phi) is 4.51. The van der Waals surface area contributed by atoms with Crippen LogP contribution in [0.1, 0.15) is 46.0 Å². The van der Waals surface area contributed by atoms with Gasteiger partial charge in [-0.3, -0.25) is 4.79 Å². The van der Waals surface area contributed by atoms with E-state index in [4.69, 9.17) is 4.74 Å². The summed E-state index contributed by atoms with van der Waals surface area (Å²) in [6.45, 7) is 6.93. The van der Waals surface area contributed by atoms with Crippen molar-refractivity contribution in [3.05, 3.63) is 0 Å². The molecule has 2 rings (SSSR count). The molecule has 0 radical (unpaired) electrons. The van der Waals surface area contributed by atoms with Gasteiger partial charge in [-0.25, -0.2) is 0 Å². The average Bonchev–Trinajstić information content (AvgIpc) is 2.70. The fraction of sp³-hybridized carbons (Fsp3) is 0.933. The SMILES string of the molecule is COCC1(C(=O)NC2CCC(C)(C)C2)CCNCC1. The highest BCUT2D eigenvalue weighted by molar-refractivity contribution is 5.83. The Morgan fingerprint density at radius 2 is 2.00 bits per heavy atom. The molecule has 0 aromatic heterocycles. The molecule has 0 aromatic rings. The highest BCUT2D eigenvalue weighted by Crippen LogP contribution is 2.38. The normalized spacial score (nSPS) is 29.1. The molecule has 4 nitrogen and oxygen atoms in total. The minimum Gasteiger partial charge on any atom is -0.384 e. The molecule has 1 amide bonds. The molecule has 1 saturated carbocycles. The Morgan fingerprint density at radius 1 is 1.32 bits per heavy atom. The predicted molar refractivity (Wildman–Crippen MR) is 76.0 cm³/mol. The van der Waals surface area contributed by atoms with Crippen LogP contribution in [0.5, 0.6) is 0 Å². The fourth-order valence-corrected chi connectivity index (χ4v) is 3.52. The molecule has 1 atom stereocenters. The Morgan fingerprint density at radius 3 is 2.53 bits per heavy atom. The maximum absolute atomic E-state index is 12.7. The van der Waals surface area contributed by atoms with Crippen molar-refractivity contribution in [3.8, 4) is 0 Å². The van der Waals surface area contributed by atoms with E-state index >= 15 is 0 Å². The molecule has 1 aliphatic carbocycles. The highest BCUT2D eigenvalue weighted by Gasteiger charge is 2.41. The zero-order valence-corrected chi connectivity index (χ0v) is 12.6. The molecule has 2 fully saturated rings. The van der Waals surface area contributed by atoms with Gasteiger partial charge in [0.25, 0.3) is 0 Å². The lowest BCUT2D eigenvalue weighted by atomic mass is 9.78. The molecule has 1 saturated heterocycles. The van der Waals surface area contributed by atoms with Gasteiger partial charge in [0, 0.05) is 13.2 Å². The van der Waals surface area contributed by atoms with Crippen molar-refractivity contribution in [2.45, 2.75) is 52.0 Å². The van der Waals surface area contributed by atoms with Crippen molar-refractivity contribution >= 4 is 5.91 Å². The van der Waals surface area contributed by atoms with E-state index in [-0.39, 0.29) is 11.3 Å². The third-order valence-electron chi connectivity index (χ3n) is 4.77. The number of amides is 1. The number of methoxy groups -OCH3 is 1. The molecule has 0 bridgehead atoms. The van der Waals surface area contributed by atoms with Gasteiger partial charge in [-0.2, -0.15) is 0 Å². The zero-order chi connectivity index (χ0) is 13.9. The second-order valence-electron chi connectivity index (χ2n) is 7.04. The summed E-state index contributed by atoms with van der Waals surface area (Å²) in [7, 11) is 1.69. The van der Waals surface area contributed by atoms with Gasteiger partial charge in [0.05, 0.1) is 12.0 Å². The number of rotatable bonds is 4. The summed E-state index contributed by atoms with van der Waals surface area (Å²) in [5, 5.41) is 6.61. The zero-order valence-electron chi connectivity index (χ0n) is 12.6. The lowest BCUT2D eigenvalue weighted by Gasteiger charge is -2.36. The first-order valence-corrected chi connectivity index (χ1v) is 7.48. The average molecular weight is 268 g/mol. The second-order valence-corrected chi connectivity index (χ2v) is 7.04. The van der Waals surface area contributed by atoms with Crippen molar-refractivity contribution < 1.29 is 9.53 Å². The van der Waals surface area contributed by atoms with E-state index in [1.807, 2.05) is 0 Å². The van der Waals surface area contributed by atoms with Crippen LogP contribution in [0.3, 0.4) is 0 Å². The molecule has 110 valence electrons. The summed E-state index contributed by atoms with van der Waals surface area (Å²) < 4.78 is 5.32. The van der Waals surface area contributed by atoms with E-state index in [0.29, 0.717) is 18.1 Å². The number of carbonyl (C=O) groups is 1. The lowest BCUT2D eigenvalue weighted by molar-refractivity contribution is -0.137. The first-order chi connectivity index (χ1) is 8.97. The van der Waals surface area contributed by atoms with Gasteiger partial charge in [-0.15, -0.1) is 0 Å². The molecule has 19 heavy (non-hydrogen) atoms. The Bertz CT molecular complexity index is 317. The lowest BCUT2D eigenvalue weighted by Crippen LogP contribution is -2.52. The summed E-state index contributed by atoms with van der Waals surface area (Å²) >= 11 is 0. The smallest absolute Gasteiger partial charge is 0.228 e.